The van der Waals surface area contributed by atoms with Crippen LogP contribution >= 0.6 is 0 Å². The van der Waals surface area contributed by atoms with Gasteiger partial charge in [0.1, 0.15) is 0 Å². The van der Waals surface area contributed by atoms with Crippen molar-refractivity contribution in [3.05, 3.63) is 69.3 Å². The predicted octanol–water partition coefficient (Wildman–Crippen LogP) is 1.78. The highest BCUT2D eigenvalue weighted by Gasteiger charge is 2.30. The molecule has 0 bridgehead atoms. The van der Waals surface area contributed by atoms with Crippen LogP contribution in [0.1, 0.15) is 32.7 Å². The van der Waals surface area contributed by atoms with Gasteiger partial charge in [0.25, 0.3) is 11.6 Å². The molecule has 9 nitrogen and oxygen atoms in total. The SMILES string of the molecule is O=C1CCc2cc(C(=O)N3CCNC(C(=O)c4ccc([N+](=O)[O-])cc4)C3)ccc2N1. The van der Waals surface area contributed by atoms with Crippen molar-refractivity contribution in [1.29, 1.82) is 0 Å². The lowest BCUT2D eigenvalue weighted by Crippen LogP contribution is -2.55. The summed E-state index contributed by atoms with van der Waals surface area (Å²) < 4.78 is 0. The lowest BCUT2D eigenvalue weighted by molar-refractivity contribution is -0.384. The van der Waals surface area contributed by atoms with E-state index >= 15 is 0 Å². The summed E-state index contributed by atoms with van der Waals surface area (Å²) in [4.78, 5) is 49.2. The fraction of sp³-hybridized carbons (Fsp3) is 0.286. The zero-order chi connectivity index (χ0) is 21.3. The minimum Gasteiger partial charge on any atom is -0.335 e. The summed E-state index contributed by atoms with van der Waals surface area (Å²) in [5, 5.41) is 16.7. The van der Waals surface area contributed by atoms with Gasteiger partial charge in [0, 0.05) is 55.0 Å². The number of carbonyl (C=O) groups is 3. The Kier molecular flexibility index (Phi) is 5.28. The number of nitrogens with zero attached hydrogens (tertiary/aromatic N) is 2. The quantitative estimate of drug-likeness (QED) is 0.452. The second-order valence-electron chi connectivity index (χ2n) is 7.35. The number of non-ortho nitro benzene ring substituents is 1. The number of benzene rings is 2. The van der Waals surface area contributed by atoms with E-state index in [1.54, 1.807) is 23.1 Å². The van der Waals surface area contributed by atoms with Gasteiger partial charge in [-0.25, -0.2) is 0 Å². The third kappa shape index (κ3) is 3.92. The average Bonchev–Trinajstić information content (AvgIpc) is 2.78. The van der Waals surface area contributed by atoms with Gasteiger partial charge < -0.3 is 15.5 Å². The first-order chi connectivity index (χ1) is 14.4. The Bertz CT molecular complexity index is 1030. The van der Waals surface area contributed by atoms with Gasteiger partial charge in [0.15, 0.2) is 5.78 Å². The number of ketones is 1. The highest BCUT2D eigenvalue weighted by Crippen LogP contribution is 2.24. The smallest absolute Gasteiger partial charge is 0.269 e. The van der Waals surface area contributed by atoms with Gasteiger partial charge in [-0.15, -0.1) is 0 Å². The molecule has 30 heavy (non-hydrogen) atoms. The van der Waals surface area contributed by atoms with Gasteiger partial charge in [0.2, 0.25) is 5.91 Å². The van der Waals surface area contributed by atoms with E-state index in [4.69, 9.17) is 0 Å². The summed E-state index contributed by atoms with van der Waals surface area (Å²) in [6.07, 6.45) is 0.981. The predicted molar refractivity (Wildman–Crippen MR) is 109 cm³/mol. The molecule has 0 aromatic heterocycles. The van der Waals surface area contributed by atoms with Gasteiger partial charge in [-0.3, -0.25) is 24.5 Å². The van der Waals surface area contributed by atoms with Crippen LogP contribution in [0.2, 0.25) is 0 Å². The number of rotatable bonds is 4. The Morgan fingerprint density at radius 1 is 1.07 bits per heavy atom. The first-order valence-corrected chi connectivity index (χ1v) is 9.66. The van der Waals surface area contributed by atoms with Gasteiger partial charge in [0.05, 0.1) is 11.0 Å². The van der Waals surface area contributed by atoms with E-state index in [1.807, 2.05) is 0 Å². The molecular formula is C21H20N4O5. The molecular weight excluding hydrogens is 388 g/mol. The Morgan fingerprint density at radius 3 is 2.53 bits per heavy atom. The summed E-state index contributed by atoms with van der Waals surface area (Å²) in [7, 11) is 0. The molecule has 2 aliphatic heterocycles. The van der Waals surface area contributed by atoms with Crippen molar-refractivity contribution in [3.63, 3.8) is 0 Å². The fourth-order valence-corrected chi connectivity index (χ4v) is 3.76. The van der Waals surface area contributed by atoms with E-state index in [-0.39, 0.29) is 29.8 Å². The number of fused-ring (bicyclic) bond motifs is 1. The van der Waals surface area contributed by atoms with Crippen LogP contribution in [0.15, 0.2) is 42.5 Å². The number of anilines is 1. The number of hydrogen-bond donors (Lipinski definition) is 2. The minimum absolute atomic E-state index is 0.0312. The van der Waals surface area contributed by atoms with Crippen LogP contribution in [-0.4, -0.2) is 53.1 Å². The van der Waals surface area contributed by atoms with E-state index in [0.29, 0.717) is 37.1 Å². The number of nitrogens with one attached hydrogen (secondary N) is 2. The topological polar surface area (TPSA) is 122 Å². The fourth-order valence-electron chi connectivity index (χ4n) is 3.76. The van der Waals surface area contributed by atoms with Crippen molar-refractivity contribution >= 4 is 29.0 Å². The molecule has 2 aromatic carbocycles. The summed E-state index contributed by atoms with van der Waals surface area (Å²) in [6, 6.07) is 10.1. The molecule has 4 rings (SSSR count). The van der Waals surface area contributed by atoms with Gasteiger partial charge in [-0.05, 0) is 42.3 Å². The molecule has 9 heteroatoms. The number of carbonyl (C=O) groups excluding carboxylic acids is 3. The first-order valence-electron chi connectivity index (χ1n) is 9.66. The molecule has 0 saturated carbocycles. The van der Waals surface area contributed by atoms with E-state index in [2.05, 4.69) is 10.6 Å². The normalized spacial score (nSPS) is 18.3. The summed E-state index contributed by atoms with van der Waals surface area (Å²) in [6.45, 7) is 1.15. The molecule has 2 amide bonds. The molecule has 1 atom stereocenters. The van der Waals surface area contributed by atoms with Crippen LogP contribution in [0.3, 0.4) is 0 Å². The van der Waals surface area contributed by atoms with Crippen LogP contribution in [0.25, 0.3) is 0 Å². The van der Waals surface area contributed by atoms with E-state index in [0.717, 1.165) is 11.3 Å². The van der Waals surface area contributed by atoms with Gasteiger partial charge in [-0.1, -0.05) is 0 Å². The summed E-state index contributed by atoms with van der Waals surface area (Å²) in [5.74, 6) is -0.412. The molecule has 0 radical (unpaired) electrons. The van der Waals surface area contributed by atoms with E-state index in [1.165, 1.54) is 24.3 Å². The van der Waals surface area contributed by atoms with Crippen molar-refractivity contribution in [3.8, 4) is 0 Å². The maximum Gasteiger partial charge on any atom is 0.269 e. The number of nitro groups is 1. The van der Waals surface area contributed by atoms with E-state index < -0.39 is 11.0 Å². The molecule has 1 fully saturated rings. The summed E-state index contributed by atoms with van der Waals surface area (Å²) >= 11 is 0. The molecule has 2 aliphatic rings. The molecule has 154 valence electrons. The van der Waals surface area contributed by atoms with E-state index in [9.17, 15) is 24.5 Å². The minimum atomic E-state index is -0.582. The molecule has 2 aromatic rings. The highest BCUT2D eigenvalue weighted by atomic mass is 16.6. The number of nitro benzene ring substituents is 1. The number of Topliss-reactive ketones (excluding diaryl/α,β-unsaturated/α-hetero) is 1. The third-order valence-electron chi connectivity index (χ3n) is 5.39. The van der Waals surface area contributed by atoms with Crippen LogP contribution in [0, 0.1) is 10.1 Å². The molecule has 0 aliphatic carbocycles. The molecule has 1 unspecified atom stereocenters. The van der Waals surface area contributed by atoms with Gasteiger partial charge in [-0.2, -0.15) is 0 Å². The average molecular weight is 408 g/mol. The lowest BCUT2D eigenvalue weighted by atomic mass is 9.99. The Labute approximate surface area is 172 Å². The standard InChI is InChI=1S/C21H20N4O5/c26-19-8-4-14-11-15(3-7-17(14)23-19)21(28)24-10-9-22-18(12-24)20(27)13-1-5-16(6-2-13)25(29)30/h1-3,5-7,11,18,22H,4,8-10,12H2,(H,23,26). The van der Waals surface area contributed by atoms with Crippen LogP contribution in [0.5, 0.6) is 0 Å². The second-order valence-corrected chi connectivity index (χ2v) is 7.35. The van der Waals surface area contributed by atoms with Crippen LogP contribution in [-0.2, 0) is 11.2 Å². The Hall–Kier alpha value is -3.59. The lowest BCUT2D eigenvalue weighted by Gasteiger charge is -2.33. The van der Waals surface area contributed by atoms with Crippen molar-refractivity contribution in [1.82, 2.24) is 10.2 Å². The molecule has 0 spiro atoms. The highest BCUT2D eigenvalue weighted by molar-refractivity contribution is 6.02. The third-order valence-corrected chi connectivity index (χ3v) is 5.39. The van der Waals surface area contributed by atoms with Crippen molar-refractivity contribution in [2.75, 3.05) is 25.0 Å². The number of amides is 2. The Morgan fingerprint density at radius 2 is 1.80 bits per heavy atom. The number of aryl methyl sites for hydroxylation is 1. The maximum atomic E-state index is 13.0. The van der Waals surface area contributed by atoms with Crippen molar-refractivity contribution in [2.24, 2.45) is 0 Å². The number of piperazine rings is 1. The van der Waals surface area contributed by atoms with Crippen LogP contribution in [0.4, 0.5) is 11.4 Å². The zero-order valence-electron chi connectivity index (χ0n) is 16.1. The molecule has 2 heterocycles. The Balaban J connectivity index is 1.47. The first kappa shape index (κ1) is 19.7. The second kappa shape index (κ2) is 8.03. The summed E-state index contributed by atoms with van der Waals surface area (Å²) in [5.41, 5.74) is 2.46. The van der Waals surface area contributed by atoms with Crippen molar-refractivity contribution in [2.45, 2.75) is 18.9 Å². The van der Waals surface area contributed by atoms with Gasteiger partial charge >= 0.3 is 0 Å². The maximum absolute atomic E-state index is 13.0. The number of hydrogen-bond acceptors (Lipinski definition) is 6. The largest absolute Gasteiger partial charge is 0.335 e. The monoisotopic (exact) mass is 408 g/mol. The zero-order valence-corrected chi connectivity index (χ0v) is 16.1. The van der Waals surface area contributed by atoms with Crippen LogP contribution < -0.4 is 10.6 Å². The van der Waals surface area contributed by atoms with Crippen molar-refractivity contribution < 1.29 is 19.3 Å². The molecule has 1 saturated heterocycles. The molecule has 2 N–H and O–H groups in total.